The Bertz CT molecular complexity index is 730. The van der Waals surface area contributed by atoms with Crippen molar-refractivity contribution in [1.29, 1.82) is 0 Å². The van der Waals surface area contributed by atoms with E-state index in [4.69, 9.17) is 9.26 Å². The zero-order valence-corrected chi connectivity index (χ0v) is 13.6. The van der Waals surface area contributed by atoms with Crippen LogP contribution in [0.2, 0.25) is 0 Å². The van der Waals surface area contributed by atoms with Gasteiger partial charge in [0.05, 0.1) is 30.9 Å². The van der Waals surface area contributed by atoms with Crippen molar-refractivity contribution in [3.8, 4) is 11.3 Å². The number of aromatic nitrogens is 1. The number of nitrogens with zero attached hydrogens (tertiary/aromatic N) is 2. The van der Waals surface area contributed by atoms with Gasteiger partial charge in [-0.2, -0.15) is 0 Å². The molecule has 8 heteroatoms. The SMILES string of the molecule is O=C(Cc1cc(-c2ccc(F)cc2F)on1)NCCN1CCOCC1. The molecule has 0 bridgehead atoms. The lowest BCUT2D eigenvalue weighted by Gasteiger charge is -2.26. The van der Waals surface area contributed by atoms with Crippen LogP contribution in [0.5, 0.6) is 0 Å². The first-order valence-electron chi connectivity index (χ1n) is 8.09. The second kappa shape index (κ2) is 8.17. The summed E-state index contributed by atoms with van der Waals surface area (Å²) in [5.41, 5.74) is 0.496. The summed E-state index contributed by atoms with van der Waals surface area (Å²) in [5.74, 6) is -1.43. The number of hydrogen-bond donors (Lipinski definition) is 1. The van der Waals surface area contributed by atoms with E-state index in [9.17, 15) is 13.6 Å². The van der Waals surface area contributed by atoms with E-state index >= 15 is 0 Å². The zero-order valence-electron chi connectivity index (χ0n) is 13.6. The Hall–Kier alpha value is -2.32. The third-order valence-corrected chi connectivity index (χ3v) is 3.95. The van der Waals surface area contributed by atoms with E-state index in [1.165, 1.54) is 12.1 Å². The van der Waals surface area contributed by atoms with Crippen molar-refractivity contribution in [2.75, 3.05) is 39.4 Å². The number of nitrogens with one attached hydrogen (secondary N) is 1. The highest BCUT2D eigenvalue weighted by Crippen LogP contribution is 2.24. The van der Waals surface area contributed by atoms with Crippen LogP contribution in [0.1, 0.15) is 5.69 Å². The molecule has 2 heterocycles. The molecule has 0 unspecified atom stereocenters. The van der Waals surface area contributed by atoms with Gasteiger partial charge in [0.15, 0.2) is 5.76 Å². The molecule has 25 heavy (non-hydrogen) atoms. The van der Waals surface area contributed by atoms with Gasteiger partial charge in [0.25, 0.3) is 0 Å². The average Bonchev–Trinajstić information content (AvgIpc) is 3.04. The minimum absolute atomic E-state index is 0.0371. The van der Waals surface area contributed by atoms with E-state index in [1.54, 1.807) is 0 Å². The van der Waals surface area contributed by atoms with Crippen molar-refractivity contribution < 1.29 is 22.8 Å². The third-order valence-electron chi connectivity index (χ3n) is 3.95. The van der Waals surface area contributed by atoms with Crippen LogP contribution < -0.4 is 5.32 Å². The van der Waals surface area contributed by atoms with Crippen LogP contribution in [0.3, 0.4) is 0 Å². The fraction of sp³-hybridized carbons (Fsp3) is 0.412. The summed E-state index contributed by atoms with van der Waals surface area (Å²) >= 11 is 0. The predicted molar refractivity (Wildman–Crippen MR) is 85.8 cm³/mol. The molecule has 0 atom stereocenters. The molecule has 1 amide bonds. The molecule has 1 N–H and O–H groups in total. The molecule has 0 radical (unpaired) electrons. The number of carbonyl (C=O) groups is 1. The molecule has 1 aliphatic rings. The zero-order chi connectivity index (χ0) is 17.6. The van der Waals surface area contributed by atoms with Crippen molar-refractivity contribution >= 4 is 5.91 Å². The van der Waals surface area contributed by atoms with Gasteiger partial charge in [-0.15, -0.1) is 0 Å². The molecule has 134 valence electrons. The molecular formula is C17H19F2N3O3. The van der Waals surface area contributed by atoms with Crippen LogP contribution >= 0.6 is 0 Å². The summed E-state index contributed by atoms with van der Waals surface area (Å²) in [7, 11) is 0. The smallest absolute Gasteiger partial charge is 0.226 e. The Labute approximate surface area is 143 Å². The van der Waals surface area contributed by atoms with E-state index in [-0.39, 0.29) is 23.7 Å². The highest BCUT2D eigenvalue weighted by molar-refractivity contribution is 5.78. The number of carbonyl (C=O) groups excluding carboxylic acids is 1. The quantitative estimate of drug-likeness (QED) is 0.856. The topological polar surface area (TPSA) is 67.6 Å². The van der Waals surface area contributed by atoms with Crippen LogP contribution in [-0.4, -0.2) is 55.4 Å². The summed E-state index contributed by atoms with van der Waals surface area (Å²) in [6.45, 7) is 4.47. The van der Waals surface area contributed by atoms with E-state index in [1.807, 2.05) is 0 Å². The van der Waals surface area contributed by atoms with Gasteiger partial charge in [0, 0.05) is 38.3 Å². The molecule has 0 spiro atoms. The van der Waals surface area contributed by atoms with Gasteiger partial charge in [-0.05, 0) is 12.1 Å². The minimum atomic E-state index is -0.738. The first-order chi connectivity index (χ1) is 12.1. The lowest BCUT2D eigenvalue weighted by atomic mass is 10.1. The summed E-state index contributed by atoms with van der Waals surface area (Å²) in [6.07, 6.45) is 0.0371. The van der Waals surface area contributed by atoms with Crippen LogP contribution in [-0.2, 0) is 16.0 Å². The minimum Gasteiger partial charge on any atom is -0.379 e. The van der Waals surface area contributed by atoms with Crippen LogP contribution in [0.25, 0.3) is 11.3 Å². The van der Waals surface area contributed by atoms with Crippen molar-refractivity contribution in [3.63, 3.8) is 0 Å². The van der Waals surface area contributed by atoms with Crippen LogP contribution in [0, 0.1) is 11.6 Å². The normalized spacial score (nSPS) is 15.3. The molecule has 1 aromatic heterocycles. The lowest BCUT2D eigenvalue weighted by Crippen LogP contribution is -2.41. The molecule has 1 aromatic carbocycles. The summed E-state index contributed by atoms with van der Waals surface area (Å²) in [5, 5.41) is 6.59. The largest absolute Gasteiger partial charge is 0.379 e. The summed E-state index contributed by atoms with van der Waals surface area (Å²) < 4.78 is 37.0. The summed E-state index contributed by atoms with van der Waals surface area (Å²) in [4.78, 5) is 14.2. The fourth-order valence-corrected chi connectivity index (χ4v) is 2.62. The van der Waals surface area contributed by atoms with Gasteiger partial charge in [0.2, 0.25) is 5.91 Å². The molecular weight excluding hydrogens is 332 g/mol. The molecule has 1 aliphatic heterocycles. The van der Waals surface area contributed by atoms with Gasteiger partial charge >= 0.3 is 0 Å². The van der Waals surface area contributed by atoms with E-state index in [2.05, 4.69) is 15.4 Å². The van der Waals surface area contributed by atoms with E-state index in [0.717, 1.165) is 45.0 Å². The number of ether oxygens (including phenoxy) is 1. The molecule has 1 saturated heterocycles. The Morgan fingerprint density at radius 2 is 2.04 bits per heavy atom. The second-order valence-corrected chi connectivity index (χ2v) is 5.79. The standard InChI is InChI=1S/C17H19F2N3O3/c18-12-1-2-14(15(19)9-12)16-10-13(21-25-16)11-17(23)20-3-4-22-5-7-24-8-6-22/h1-2,9-10H,3-8,11H2,(H,20,23). The maximum atomic E-state index is 13.7. The number of rotatable bonds is 6. The number of halogens is 2. The highest BCUT2D eigenvalue weighted by Gasteiger charge is 2.15. The number of benzene rings is 1. The first kappa shape index (κ1) is 17.5. The van der Waals surface area contributed by atoms with Crippen LogP contribution in [0.4, 0.5) is 8.78 Å². The lowest BCUT2D eigenvalue weighted by molar-refractivity contribution is -0.120. The van der Waals surface area contributed by atoms with Crippen molar-refractivity contribution in [2.24, 2.45) is 0 Å². The summed E-state index contributed by atoms with van der Waals surface area (Å²) in [6, 6.07) is 4.67. The Morgan fingerprint density at radius 3 is 2.80 bits per heavy atom. The maximum absolute atomic E-state index is 13.7. The molecule has 2 aromatic rings. The monoisotopic (exact) mass is 351 g/mol. The number of morpholine rings is 1. The Kier molecular flexibility index (Phi) is 5.72. The molecule has 3 rings (SSSR count). The van der Waals surface area contributed by atoms with Gasteiger partial charge in [-0.1, -0.05) is 5.16 Å². The van der Waals surface area contributed by atoms with Crippen molar-refractivity contribution in [1.82, 2.24) is 15.4 Å². The fourth-order valence-electron chi connectivity index (χ4n) is 2.62. The number of amides is 1. The Balaban J connectivity index is 1.49. The van der Waals surface area contributed by atoms with Crippen LogP contribution in [0.15, 0.2) is 28.8 Å². The molecule has 1 fully saturated rings. The third kappa shape index (κ3) is 4.83. The van der Waals surface area contributed by atoms with E-state index < -0.39 is 11.6 Å². The molecule has 0 aliphatic carbocycles. The average molecular weight is 351 g/mol. The first-order valence-corrected chi connectivity index (χ1v) is 8.09. The Morgan fingerprint density at radius 1 is 1.24 bits per heavy atom. The van der Waals surface area contributed by atoms with Crippen molar-refractivity contribution in [2.45, 2.75) is 6.42 Å². The van der Waals surface area contributed by atoms with Gasteiger partial charge in [-0.3, -0.25) is 9.69 Å². The predicted octanol–water partition coefficient (Wildman–Crippen LogP) is 1.61. The molecule has 0 saturated carbocycles. The highest BCUT2D eigenvalue weighted by atomic mass is 19.1. The second-order valence-electron chi connectivity index (χ2n) is 5.79. The molecule has 6 nitrogen and oxygen atoms in total. The number of hydrogen-bond acceptors (Lipinski definition) is 5. The van der Waals surface area contributed by atoms with E-state index in [0.29, 0.717) is 12.2 Å². The van der Waals surface area contributed by atoms with Gasteiger partial charge in [-0.25, -0.2) is 8.78 Å². The van der Waals surface area contributed by atoms with Crippen molar-refractivity contribution in [3.05, 3.63) is 41.6 Å². The maximum Gasteiger partial charge on any atom is 0.226 e. The van der Waals surface area contributed by atoms with Gasteiger partial charge in [0.1, 0.15) is 11.6 Å². The van der Waals surface area contributed by atoms with Gasteiger partial charge < -0.3 is 14.6 Å².